The van der Waals surface area contributed by atoms with Crippen LogP contribution in [0.1, 0.15) is 45.7 Å². The minimum atomic E-state index is 0.0972. The van der Waals surface area contributed by atoms with Gasteiger partial charge in [-0.2, -0.15) is 5.10 Å². The maximum atomic E-state index is 5.62. The minimum Gasteiger partial charge on any atom is -0.377 e. The van der Waals surface area contributed by atoms with Crippen LogP contribution in [0.25, 0.3) is 0 Å². The monoisotopic (exact) mass is 237 g/mol. The van der Waals surface area contributed by atoms with Gasteiger partial charge >= 0.3 is 0 Å². The molecule has 1 aliphatic heterocycles. The predicted molar refractivity (Wildman–Crippen MR) is 67.9 cm³/mol. The van der Waals surface area contributed by atoms with Crippen molar-refractivity contribution >= 4 is 0 Å². The quantitative estimate of drug-likeness (QED) is 0.872. The van der Waals surface area contributed by atoms with Crippen molar-refractivity contribution in [2.45, 2.75) is 58.3 Å². The summed E-state index contributed by atoms with van der Waals surface area (Å²) in [4.78, 5) is 0. The standard InChI is InChI=1S/C13H23N3O/c1-10(2)16-9-12(8-15-16)7-14-13(4)5-6-17-11(13)3/h8-11,14H,5-7H2,1-4H3. The summed E-state index contributed by atoms with van der Waals surface area (Å²) in [5.74, 6) is 0. The highest BCUT2D eigenvalue weighted by Gasteiger charge is 2.36. The third-order valence-electron chi connectivity index (χ3n) is 3.77. The van der Waals surface area contributed by atoms with Crippen LogP contribution in [0.5, 0.6) is 0 Å². The fourth-order valence-electron chi connectivity index (χ4n) is 2.12. The molecule has 17 heavy (non-hydrogen) atoms. The normalized spacial score (nSPS) is 29.1. The van der Waals surface area contributed by atoms with Crippen molar-refractivity contribution in [3.05, 3.63) is 18.0 Å². The molecule has 0 aliphatic carbocycles. The summed E-state index contributed by atoms with van der Waals surface area (Å²) in [6.45, 7) is 10.4. The van der Waals surface area contributed by atoms with Crippen LogP contribution in [-0.2, 0) is 11.3 Å². The van der Waals surface area contributed by atoms with Gasteiger partial charge in [0.05, 0.1) is 12.3 Å². The highest BCUT2D eigenvalue weighted by molar-refractivity contribution is 5.06. The molecule has 2 heterocycles. The number of ether oxygens (including phenoxy) is 1. The zero-order chi connectivity index (χ0) is 12.5. The summed E-state index contributed by atoms with van der Waals surface area (Å²) >= 11 is 0. The second-order valence-corrected chi connectivity index (χ2v) is 5.46. The Hall–Kier alpha value is -0.870. The van der Waals surface area contributed by atoms with Gasteiger partial charge in [0.25, 0.3) is 0 Å². The lowest BCUT2D eigenvalue weighted by Crippen LogP contribution is -2.47. The maximum absolute atomic E-state index is 5.62. The SMILES string of the molecule is CC(C)n1cc(CNC2(C)CCOC2C)cn1. The lowest BCUT2D eigenvalue weighted by molar-refractivity contribution is 0.0881. The summed E-state index contributed by atoms with van der Waals surface area (Å²) < 4.78 is 7.61. The molecule has 0 radical (unpaired) electrons. The van der Waals surface area contributed by atoms with Gasteiger partial charge in [0, 0.05) is 36.5 Å². The first-order valence-electron chi connectivity index (χ1n) is 6.41. The molecular weight excluding hydrogens is 214 g/mol. The summed E-state index contributed by atoms with van der Waals surface area (Å²) in [6.07, 6.45) is 5.41. The number of hydrogen-bond donors (Lipinski definition) is 1. The molecule has 1 fully saturated rings. The highest BCUT2D eigenvalue weighted by atomic mass is 16.5. The lowest BCUT2D eigenvalue weighted by atomic mass is 9.94. The van der Waals surface area contributed by atoms with Gasteiger partial charge < -0.3 is 10.1 Å². The Morgan fingerprint density at radius 3 is 2.94 bits per heavy atom. The van der Waals surface area contributed by atoms with E-state index >= 15 is 0 Å². The summed E-state index contributed by atoms with van der Waals surface area (Å²) in [7, 11) is 0. The zero-order valence-corrected chi connectivity index (χ0v) is 11.2. The van der Waals surface area contributed by atoms with Crippen molar-refractivity contribution in [3.63, 3.8) is 0 Å². The molecule has 0 spiro atoms. The molecule has 1 aromatic rings. The molecule has 2 atom stereocenters. The Morgan fingerprint density at radius 1 is 1.65 bits per heavy atom. The van der Waals surface area contributed by atoms with Crippen molar-refractivity contribution < 1.29 is 4.74 Å². The number of aromatic nitrogens is 2. The molecule has 1 aliphatic rings. The predicted octanol–water partition coefficient (Wildman–Crippen LogP) is 2.12. The van der Waals surface area contributed by atoms with Crippen molar-refractivity contribution in [1.82, 2.24) is 15.1 Å². The van der Waals surface area contributed by atoms with Gasteiger partial charge in [-0.05, 0) is 34.1 Å². The number of nitrogens with zero attached hydrogens (tertiary/aromatic N) is 2. The van der Waals surface area contributed by atoms with Gasteiger partial charge in [-0.25, -0.2) is 0 Å². The van der Waals surface area contributed by atoms with Crippen LogP contribution >= 0.6 is 0 Å². The summed E-state index contributed by atoms with van der Waals surface area (Å²) in [5.41, 5.74) is 1.33. The van der Waals surface area contributed by atoms with E-state index in [0.717, 1.165) is 19.6 Å². The lowest BCUT2D eigenvalue weighted by Gasteiger charge is -2.28. The van der Waals surface area contributed by atoms with Gasteiger partial charge in [0.15, 0.2) is 0 Å². The smallest absolute Gasteiger partial charge is 0.0726 e. The van der Waals surface area contributed by atoms with Gasteiger partial charge in [0.1, 0.15) is 0 Å². The second-order valence-electron chi connectivity index (χ2n) is 5.46. The Kier molecular flexibility index (Phi) is 3.54. The van der Waals surface area contributed by atoms with Crippen LogP contribution < -0.4 is 5.32 Å². The zero-order valence-electron chi connectivity index (χ0n) is 11.2. The molecule has 0 saturated carbocycles. The largest absolute Gasteiger partial charge is 0.377 e. The van der Waals surface area contributed by atoms with E-state index in [4.69, 9.17) is 4.74 Å². The average Bonchev–Trinajstić information content (AvgIpc) is 2.85. The van der Waals surface area contributed by atoms with E-state index in [2.05, 4.69) is 44.3 Å². The molecular formula is C13H23N3O. The van der Waals surface area contributed by atoms with Crippen LogP contribution in [0.2, 0.25) is 0 Å². The molecule has 1 N–H and O–H groups in total. The molecule has 0 aromatic carbocycles. The number of rotatable bonds is 4. The van der Waals surface area contributed by atoms with Crippen molar-refractivity contribution in [1.29, 1.82) is 0 Å². The van der Waals surface area contributed by atoms with Crippen LogP contribution in [0, 0.1) is 0 Å². The van der Waals surface area contributed by atoms with E-state index in [1.165, 1.54) is 5.56 Å². The Labute approximate surface area is 103 Å². The van der Waals surface area contributed by atoms with Crippen LogP contribution in [0.4, 0.5) is 0 Å². The number of nitrogens with one attached hydrogen (secondary N) is 1. The first-order valence-corrected chi connectivity index (χ1v) is 6.41. The number of hydrogen-bond acceptors (Lipinski definition) is 3. The Balaban J connectivity index is 1.93. The van der Waals surface area contributed by atoms with Gasteiger partial charge in [-0.3, -0.25) is 4.68 Å². The van der Waals surface area contributed by atoms with E-state index in [1.54, 1.807) is 0 Å². The molecule has 4 nitrogen and oxygen atoms in total. The third-order valence-corrected chi connectivity index (χ3v) is 3.77. The topological polar surface area (TPSA) is 39.1 Å². The van der Waals surface area contributed by atoms with E-state index in [9.17, 15) is 0 Å². The van der Waals surface area contributed by atoms with E-state index in [-0.39, 0.29) is 11.6 Å². The highest BCUT2D eigenvalue weighted by Crippen LogP contribution is 2.25. The van der Waals surface area contributed by atoms with Crippen LogP contribution in [-0.4, -0.2) is 28.0 Å². The molecule has 96 valence electrons. The molecule has 2 unspecified atom stereocenters. The van der Waals surface area contributed by atoms with Gasteiger partial charge in [-0.1, -0.05) is 0 Å². The Morgan fingerprint density at radius 2 is 2.41 bits per heavy atom. The molecule has 1 saturated heterocycles. The van der Waals surface area contributed by atoms with Crippen molar-refractivity contribution in [2.75, 3.05) is 6.61 Å². The molecule has 1 aromatic heterocycles. The van der Waals surface area contributed by atoms with Crippen molar-refractivity contribution in [3.8, 4) is 0 Å². The summed E-state index contributed by atoms with van der Waals surface area (Å²) in [5, 5.41) is 7.95. The maximum Gasteiger partial charge on any atom is 0.0726 e. The second kappa shape index (κ2) is 4.78. The summed E-state index contributed by atoms with van der Waals surface area (Å²) in [6, 6.07) is 0.424. The van der Waals surface area contributed by atoms with E-state index in [1.807, 2.05) is 10.9 Å². The fourth-order valence-corrected chi connectivity index (χ4v) is 2.12. The first-order chi connectivity index (χ1) is 8.01. The molecule has 4 heteroatoms. The minimum absolute atomic E-state index is 0.0972. The fraction of sp³-hybridized carbons (Fsp3) is 0.769. The average molecular weight is 237 g/mol. The molecule has 2 rings (SSSR count). The van der Waals surface area contributed by atoms with E-state index in [0.29, 0.717) is 6.04 Å². The van der Waals surface area contributed by atoms with Gasteiger partial charge in [-0.15, -0.1) is 0 Å². The van der Waals surface area contributed by atoms with Crippen LogP contribution in [0.3, 0.4) is 0 Å². The Bertz CT molecular complexity index is 374. The molecule has 0 amide bonds. The third kappa shape index (κ3) is 2.69. The van der Waals surface area contributed by atoms with Crippen LogP contribution in [0.15, 0.2) is 12.4 Å². The van der Waals surface area contributed by atoms with Crippen molar-refractivity contribution in [2.24, 2.45) is 0 Å². The van der Waals surface area contributed by atoms with Gasteiger partial charge in [0.2, 0.25) is 0 Å². The molecule has 0 bridgehead atoms. The first kappa shape index (κ1) is 12.6. The van der Waals surface area contributed by atoms with E-state index < -0.39 is 0 Å².